The molecule has 0 amide bonds. The van der Waals surface area contributed by atoms with E-state index in [1.807, 2.05) is 6.79 Å². The third-order valence-corrected chi connectivity index (χ3v) is 10.4. The van der Waals surface area contributed by atoms with Gasteiger partial charge in [-0.2, -0.15) is 4.58 Å². The fourth-order valence-corrected chi connectivity index (χ4v) is 8.05. The van der Waals surface area contributed by atoms with E-state index in [0.717, 1.165) is 13.1 Å². The first-order valence-corrected chi connectivity index (χ1v) is 18.3. The van der Waals surface area contributed by atoms with Gasteiger partial charge in [-0.25, -0.2) is 0 Å². The molecule has 0 radical (unpaired) electrons. The average molecular weight is 652 g/mol. The van der Waals surface area contributed by atoms with Gasteiger partial charge in [0, 0.05) is 47.5 Å². The van der Waals surface area contributed by atoms with Crippen molar-refractivity contribution in [3.05, 3.63) is 132 Å². The molecular formula is C46H55N2O+. The van der Waals surface area contributed by atoms with Crippen LogP contribution in [0.5, 0.6) is 0 Å². The Morgan fingerprint density at radius 3 is 1.96 bits per heavy atom. The Kier molecular flexibility index (Phi) is 11.5. The largest absolute Gasteiger partial charge is 0.344 e. The first kappa shape index (κ1) is 35.8. The number of nitrogens with zero attached hydrogens (tertiary/aromatic N) is 2. The number of hydrogen-bond donors (Lipinski definition) is 0. The minimum Gasteiger partial charge on any atom is -0.344 e. The third-order valence-electron chi connectivity index (χ3n) is 10.4. The van der Waals surface area contributed by atoms with Crippen molar-refractivity contribution in [1.82, 2.24) is 0 Å². The first-order chi connectivity index (χ1) is 23.8. The van der Waals surface area contributed by atoms with Crippen molar-refractivity contribution >= 4 is 45.4 Å². The van der Waals surface area contributed by atoms with Crippen molar-refractivity contribution in [2.45, 2.75) is 90.9 Å². The van der Waals surface area contributed by atoms with E-state index in [-0.39, 0.29) is 10.8 Å². The molecule has 3 heteroatoms. The molecule has 3 nitrogen and oxygen atoms in total. The topological polar surface area (TPSA) is 23.3 Å². The molecule has 0 bridgehead atoms. The molecule has 0 aromatic heterocycles. The average Bonchev–Trinajstić information content (AvgIpc) is 3.47. The number of benzene rings is 4. The molecule has 0 saturated carbocycles. The number of allylic oxidation sites excluding steroid dienone is 8. The van der Waals surface area contributed by atoms with Crippen LogP contribution in [0, 0.1) is 0 Å². The number of anilines is 1. The van der Waals surface area contributed by atoms with Crippen LogP contribution in [0.15, 0.2) is 121 Å². The van der Waals surface area contributed by atoms with Crippen LogP contribution in [0.3, 0.4) is 0 Å². The lowest BCUT2D eigenvalue weighted by Crippen LogP contribution is -2.28. The molecule has 49 heavy (non-hydrogen) atoms. The standard InChI is InChI=1S/C45H53N2.CH2O/c1-7-9-11-21-33-47-39-31-29-35-23-18-20-25-37(35)43(39)45(5,6)41(47)27-16-14-12-13-15-26-40-44(3,4)42-36-24-19-17-22-34(36)28-30-38(42)46(40)32-10-8-2;1-2/h12-20,22-31H,7-11,21,32-33H2,1-6H3;1H2/q+1;. The van der Waals surface area contributed by atoms with E-state index in [0.29, 0.717) is 0 Å². The van der Waals surface area contributed by atoms with Crippen LogP contribution < -0.4 is 4.90 Å². The molecule has 2 aliphatic heterocycles. The van der Waals surface area contributed by atoms with Crippen LogP contribution in [-0.2, 0) is 15.6 Å². The lowest BCUT2D eigenvalue weighted by atomic mass is 9.79. The van der Waals surface area contributed by atoms with Gasteiger partial charge in [0.25, 0.3) is 0 Å². The lowest BCUT2D eigenvalue weighted by molar-refractivity contribution is -0.438. The van der Waals surface area contributed by atoms with Crippen LogP contribution in [0.2, 0.25) is 0 Å². The number of carbonyl (C=O) groups excluding carboxylic acids is 1. The quantitative estimate of drug-likeness (QED) is 0.0864. The van der Waals surface area contributed by atoms with Gasteiger partial charge in [0.1, 0.15) is 13.3 Å². The molecule has 0 unspecified atom stereocenters. The van der Waals surface area contributed by atoms with Gasteiger partial charge in [0.2, 0.25) is 5.69 Å². The molecular weight excluding hydrogens is 597 g/mol. The third kappa shape index (κ3) is 6.99. The van der Waals surface area contributed by atoms with Gasteiger partial charge in [-0.3, -0.25) is 0 Å². The molecule has 254 valence electrons. The number of fused-ring (bicyclic) bond motifs is 6. The monoisotopic (exact) mass is 651 g/mol. The zero-order valence-corrected chi connectivity index (χ0v) is 30.6. The summed E-state index contributed by atoms with van der Waals surface area (Å²) in [5.41, 5.74) is 8.29. The molecule has 4 aromatic carbocycles. The Morgan fingerprint density at radius 2 is 1.27 bits per heavy atom. The summed E-state index contributed by atoms with van der Waals surface area (Å²) in [6, 6.07) is 27.0. The van der Waals surface area contributed by atoms with Crippen LogP contribution in [0.25, 0.3) is 21.5 Å². The van der Waals surface area contributed by atoms with Crippen molar-refractivity contribution < 1.29 is 9.37 Å². The minimum atomic E-state index is -0.0687. The summed E-state index contributed by atoms with van der Waals surface area (Å²) < 4.78 is 2.59. The second kappa shape index (κ2) is 15.8. The van der Waals surface area contributed by atoms with Crippen LogP contribution in [0.1, 0.15) is 91.2 Å². The summed E-state index contributed by atoms with van der Waals surface area (Å²) >= 11 is 0. The summed E-state index contributed by atoms with van der Waals surface area (Å²) in [5.74, 6) is 0. The Hall–Kier alpha value is -4.50. The maximum Gasteiger partial charge on any atom is 0.210 e. The maximum absolute atomic E-state index is 8.00. The fraction of sp³-hybridized carbons (Fsp3) is 0.348. The number of rotatable bonds is 12. The SMILES string of the molecule is C=O.CCCCCC[N+]1=C(/C=C/C=C/C=C/C=C2\N(CCCC)c3ccc4ccccc4c3C2(C)C)C(C)(C)c2c1ccc1ccccc21. The van der Waals surface area contributed by atoms with Gasteiger partial charge in [0.05, 0.1) is 5.41 Å². The van der Waals surface area contributed by atoms with E-state index in [4.69, 9.17) is 4.79 Å². The van der Waals surface area contributed by atoms with E-state index in [2.05, 4.69) is 166 Å². The molecule has 0 spiro atoms. The van der Waals surface area contributed by atoms with Gasteiger partial charge >= 0.3 is 0 Å². The van der Waals surface area contributed by atoms with Crippen LogP contribution >= 0.6 is 0 Å². The molecule has 0 fully saturated rings. The highest BCUT2D eigenvalue weighted by atomic mass is 16.1. The minimum absolute atomic E-state index is 0.0671. The lowest BCUT2D eigenvalue weighted by Gasteiger charge is -2.27. The number of hydrogen-bond acceptors (Lipinski definition) is 2. The Morgan fingerprint density at radius 1 is 0.653 bits per heavy atom. The van der Waals surface area contributed by atoms with Crippen molar-refractivity contribution in [1.29, 1.82) is 0 Å². The molecule has 0 N–H and O–H groups in total. The highest BCUT2D eigenvalue weighted by Crippen LogP contribution is 2.51. The van der Waals surface area contributed by atoms with Crippen molar-refractivity contribution in [2.24, 2.45) is 0 Å². The summed E-state index contributed by atoms with van der Waals surface area (Å²) in [6.07, 6.45) is 23.1. The summed E-state index contributed by atoms with van der Waals surface area (Å²) in [5, 5.41) is 5.39. The van der Waals surface area contributed by atoms with Gasteiger partial charge in [-0.05, 0) is 72.0 Å². The number of unbranched alkanes of at least 4 members (excludes halogenated alkanes) is 4. The van der Waals surface area contributed by atoms with E-state index >= 15 is 0 Å². The second-order valence-corrected chi connectivity index (χ2v) is 14.4. The van der Waals surface area contributed by atoms with Crippen molar-refractivity contribution in [2.75, 3.05) is 18.0 Å². The fourth-order valence-electron chi connectivity index (χ4n) is 8.05. The number of carbonyl (C=O) groups is 1. The summed E-state index contributed by atoms with van der Waals surface area (Å²) in [6.45, 7) is 18.2. The van der Waals surface area contributed by atoms with Gasteiger partial charge in [-0.15, -0.1) is 0 Å². The molecule has 6 rings (SSSR count). The first-order valence-electron chi connectivity index (χ1n) is 18.3. The highest BCUT2D eigenvalue weighted by molar-refractivity contribution is 6.07. The maximum atomic E-state index is 8.00. The summed E-state index contributed by atoms with van der Waals surface area (Å²) in [7, 11) is 0. The normalized spacial score (nSPS) is 17.2. The van der Waals surface area contributed by atoms with Gasteiger partial charge in [0.15, 0.2) is 5.71 Å². The molecule has 0 aliphatic carbocycles. The summed E-state index contributed by atoms with van der Waals surface area (Å²) in [4.78, 5) is 10.6. The molecule has 0 atom stereocenters. The zero-order chi connectivity index (χ0) is 35.0. The van der Waals surface area contributed by atoms with E-state index in [9.17, 15) is 0 Å². The Bertz CT molecular complexity index is 1930. The molecule has 4 aromatic rings. The molecule has 2 heterocycles. The molecule has 0 saturated heterocycles. The van der Waals surface area contributed by atoms with E-state index in [1.54, 1.807) is 0 Å². The zero-order valence-electron chi connectivity index (χ0n) is 30.6. The van der Waals surface area contributed by atoms with Gasteiger partial charge < -0.3 is 9.69 Å². The Labute approximate surface area is 295 Å². The van der Waals surface area contributed by atoms with Crippen LogP contribution in [0.4, 0.5) is 11.4 Å². The van der Waals surface area contributed by atoms with Crippen molar-refractivity contribution in [3.63, 3.8) is 0 Å². The van der Waals surface area contributed by atoms with Crippen molar-refractivity contribution in [3.8, 4) is 0 Å². The molecule has 2 aliphatic rings. The van der Waals surface area contributed by atoms with Crippen LogP contribution in [-0.4, -0.2) is 30.2 Å². The Balaban J connectivity index is 0.00000230. The highest BCUT2D eigenvalue weighted by Gasteiger charge is 2.45. The smallest absolute Gasteiger partial charge is 0.210 e. The predicted octanol–water partition coefficient (Wildman–Crippen LogP) is 11.9. The van der Waals surface area contributed by atoms with Gasteiger partial charge in [-0.1, -0.05) is 132 Å². The van der Waals surface area contributed by atoms with E-state index < -0.39 is 0 Å². The van der Waals surface area contributed by atoms with E-state index in [1.165, 1.54) is 94.0 Å². The second-order valence-electron chi connectivity index (χ2n) is 14.4. The predicted molar refractivity (Wildman–Crippen MR) is 213 cm³/mol.